The molecule has 13 heavy (non-hydrogen) atoms. The Balaban J connectivity index is 2.93. The molecular formula is C11H13NO. The third-order valence-corrected chi connectivity index (χ3v) is 2.00. The second-order valence-electron chi connectivity index (χ2n) is 2.93. The maximum absolute atomic E-state index is 8.47. The Morgan fingerprint density at radius 1 is 1.46 bits per heavy atom. The van der Waals surface area contributed by atoms with Crippen molar-refractivity contribution in [2.24, 2.45) is 0 Å². The highest BCUT2D eigenvalue weighted by Gasteiger charge is 2.04. The first-order valence-electron chi connectivity index (χ1n) is 4.29. The molecule has 0 N–H and O–H groups in total. The molecule has 0 fully saturated rings. The van der Waals surface area contributed by atoms with Crippen LogP contribution >= 0.6 is 0 Å². The van der Waals surface area contributed by atoms with Crippen molar-refractivity contribution in [3.05, 3.63) is 29.3 Å². The Bertz CT molecular complexity index is 325. The lowest BCUT2D eigenvalue weighted by molar-refractivity contribution is 0.406. The predicted molar refractivity (Wildman–Crippen MR) is 51.7 cm³/mol. The van der Waals surface area contributed by atoms with Gasteiger partial charge in [0.1, 0.15) is 5.75 Å². The van der Waals surface area contributed by atoms with Crippen LogP contribution < -0.4 is 4.74 Å². The van der Waals surface area contributed by atoms with Crippen LogP contribution in [0.4, 0.5) is 0 Å². The summed E-state index contributed by atoms with van der Waals surface area (Å²) >= 11 is 0. The Morgan fingerprint density at radius 3 is 2.85 bits per heavy atom. The monoisotopic (exact) mass is 175 g/mol. The number of hydrogen-bond acceptors (Lipinski definition) is 2. The SMILES string of the molecule is COc1c(C)cccc1CCC#N. The quantitative estimate of drug-likeness (QED) is 0.707. The molecule has 1 aromatic rings. The summed E-state index contributed by atoms with van der Waals surface area (Å²) in [7, 11) is 1.66. The number of rotatable bonds is 3. The maximum Gasteiger partial charge on any atom is 0.124 e. The average molecular weight is 175 g/mol. The molecule has 0 aromatic heterocycles. The predicted octanol–water partition coefficient (Wildman–Crippen LogP) is 2.46. The highest BCUT2D eigenvalue weighted by molar-refractivity contribution is 5.40. The molecular weight excluding hydrogens is 162 g/mol. The third kappa shape index (κ3) is 2.22. The molecule has 0 spiro atoms. The second kappa shape index (κ2) is 4.51. The molecule has 0 aliphatic heterocycles. The van der Waals surface area contributed by atoms with Gasteiger partial charge in [-0.05, 0) is 24.5 Å². The number of methoxy groups -OCH3 is 1. The van der Waals surface area contributed by atoms with Crippen LogP contribution in [0.15, 0.2) is 18.2 Å². The number of nitriles is 1. The summed E-state index contributed by atoms with van der Waals surface area (Å²) in [4.78, 5) is 0. The van der Waals surface area contributed by atoms with E-state index in [2.05, 4.69) is 6.07 Å². The average Bonchev–Trinajstić information content (AvgIpc) is 2.15. The third-order valence-electron chi connectivity index (χ3n) is 2.00. The normalized spacial score (nSPS) is 9.31. The van der Waals surface area contributed by atoms with E-state index in [0.717, 1.165) is 23.3 Å². The van der Waals surface area contributed by atoms with Crippen molar-refractivity contribution in [2.45, 2.75) is 19.8 Å². The summed E-state index contributed by atoms with van der Waals surface area (Å²) in [6.45, 7) is 2.01. The van der Waals surface area contributed by atoms with Crippen molar-refractivity contribution in [1.29, 1.82) is 5.26 Å². The van der Waals surface area contributed by atoms with Gasteiger partial charge in [0.2, 0.25) is 0 Å². The standard InChI is InChI=1S/C11H13NO/c1-9-5-3-6-10(7-4-8-12)11(9)13-2/h3,5-6H,4,7H2,1-2H3. The van der Waals surface area contributed by atoms with Crippen LogP contribution in [0.3, 0.4) is 0 Å². The topological polar surface area (TPSA) is 33.0 Å². The van der Waals surface area contributed by atoms with E-state index in [-0.39, 0.29) is 0 Å². The van der Waals surface area contributed by atoms with Crippen molar-refractivity contribution < 1.29 is 4.74 Å². The molecule has 0 aliphatic carbocycles. The summed E-state index contributed by atoms with van der Waals surface area (Å²) in [5.41, 5.74) is 2.24. The van der Waals surface area contributed by atoms with Crippen molar-refractivity contribution in [3.8, 4) is 11.8 Å². The number of ether oxygens (including phenoxy) is 1. The van der Waals surface area contributed by atoms with Crippen molar-refractivity contribution in [3.63, 3.8) is 0 Å². The number of benzene rings is 1. The maximum atomic E-state index is 8.47. The Kier molecular flexibility index (Phi) is 3.33. The van der Waals surface area contributed by atoms with Crippen molar-refractivity contribution in [2.75, 3.05) is 7.11 Å². The Hall–Kier alpha value is -1.49. The molecule has 1 aromatic carbocycles. The summed E-state index contributed by atoms with van der Waals surface area (Å²) in [5.74, 6) is 0.915. The fraction of sp³-hybridized carbons (Fsp3) is 0.364. The number of aryl methyl sites for hydroxylation is 2. The first-order valence-corrected chi connectivity index (χ1v) is 4.29. The van der Waals surface area contributed by atoms with Crippen LogP contribution in [-0.4, -0.2) is 7.11 Å². The summed E-state index contributed by atoms with van der Waals surface area (Å²) in [6, 6.07) is 8.13. The van der Waals surface area contributed by atoms with Crippen LogP contribution in [-0.2, 0) is 6.42 Å². The lowest BCUT2D eigenvalue weighted by atomic mass is 10.1. The van der Waals surface area contributed by atoms with Gasteiger partial charge in [-0.3, -0.25) is 0 Å². The molecule has 0 radical (unpaired) electrons. The zero-order valence-corrected chi connectivity index (χ0v) is 8.00. The molecule has 2 heteroatoms. The van der Waals surface area contributed by atoms with E-state index in [1.807, 2.05) is 25.1 Å². The van der Waals surface area contributed by atoms with Crippen LogP contribution in [0.5, 0.6) is 5.75 Å². The zero-order valence-electron chi connectivity index (χ0n) is 8.00. The molecule has 2 nitrogen and oxygen atoms in total. The minimum absolute atomic E-state index is 0.541. The number of nitrogens with zero attached hydrogens (tertiary/aromatic N) is 1. The van der Waals surface area contributed by atoms with E-state index in [4.69, 9.17) is 10.00 Å². The molecule has 0 heterocycles. The summed E-state index contributed by atoms with van der Waals surface area (Å²) in [5, 5.41) is 8.47. The largest absolute Gasteiger partial charge is 0.496 e. The molecule has 0 unspecified atom stereocenters. The van der Waals surface area contributed by atoms with Gasteiger partial charge in [0.05, 0.1) is 13.2 Å². The van der Waals surface area contributed by atoms with Gasteiger partial charge in [0, 0.05) is 6.42 Å². The van der Waals surface area contributed by atoms with Gasteiger partial charge in [0.25, 0.3) is 0 Å². The highest BCUT2D eigenvalue weighted by atomic mass is 16.5. The Morgan fingerprint density at radius 2 is 2.23 bits per heavy atom. The van der Waals surface area contributed by atoms with E-state index in [1.54, 1.807) is 7.11 Å². The van der Waals surface area contributed by atoms with Gasteiger partial charge < -0.3 is 4.74 Å². The molecule has 0 atom stereocenters. The Labute approximate surface area is 78.8 Å². The minimum atomic E-state index is 0.541. The molecule has 0 amide bonds. The second-order valence-corrected chi connectivity index (χ2v) is 2.93. The number of para-hydroxylation sites is 1. The van der Waals surface area contributed by atoms with E-state index >= 15 is 0 Å². The highest BCUT2D eigenvalue weighted by Crippen LogP contribution is 2.23. The van der Waals surface area contributed by atoms with E-state index in [1.165, 1.54) is 0 Å². The van der Waals surface area contributed by atoms with Crippen molar-refractivity contribution >= 4 is 0 Å². The molecule has 0 saturated heterocycles. The molecule has 0 bridgehead atoms. The van der Waals surface area contributed by atoms with Gasteiger partial charge >= 0.3 is 0 Å². The first-order chi connectivity index (χ1) is 6.29. The molecule has 0 saturated carbocycles. The van der Waals surface area contributed by atoms with Gasteiger partial charge in [-0.15, -0.1) is 0 Å². The van der Waals surface area contributed by atoms with E-state index in [0.29, 0.717) is 6.42 Å². The fourth-order valence-electron chi connectivity index (χ4n) is 1.39. The minimum Gasteiger partial charge on any atom is -0.496 e. The number of hydrogen-bond donors (Lipinski definition) is 0. The van der Waals surface area contributed by atoms with Crippen LogP contribution in [0, 0.1) is 18.3 Å². The van der Waals surface area contributed by atoms with Gasteiger partial charge in [-0.1, -0.05) is 18.2 Å². The lowest BCUT2D eigenvalue weighted by Gasteiger charge is -2.09. The van der Waals surface area contributed by atoms with Crippen LogP contribution in [0.1, 0.15) is 17.5 Å². The lowest BCUT2D eigenvalue weighted by Crippen LogP contribution is -1.94. The first kappa shape index (κ1) is 9.60. The molecule has 68 valence electrons. The van der Waals surface area contributed by atoms with E-state index in [9.17, 15) is 0 Å². The van der Waals surface area contributed by atoms with E-state index < -0.39 is 0 Å². The summed E-state index contributed by atoms with van der Waals surface area (Å²) < 4.78 is 5.26. The van der Waals surface area contributed by atoms with Crippen LogP contribution in [0.25, 0.3) is 0 Å². The van der Waals surface area contributed by atoms with Crippen LogP contribution in [0.2, 0.25) is 0 Å². The molecule has 0 aliphatic rings. The summed E-state index contributed by atoms with van der Waals surface area (Å²) in [6.07, 6.45) is 1.31. The van der Waals surface area contributed by atoms with Gasteiger partial charge in [0.15, 0.2) is 0 Å². The zero-order chi connectivity index (χ0) is 9.68. The molecule has 1 rings (SSSR count). The van der Waals surface area contributed by atoms with Gasteiger partial charge in [-0.2, -0.15) is 5.26 Å². The fourth-order valence-corrected chi connectivity index (χ4v) is 1.39. The smallest absolute Gasteiger partial charge is 0.124 e. The van der Waals surface area contributed by atoms with Gasteiger partial charge in [-0.25, -0.2) is 0 Å². The van der Waals surface area contributed by atoms with Crippen molar-refractivity contribution in [1.82, 2.24) is 0 Å².